The Morgan fingerprint density at radius 2 is 1.71 bits per heavy atom. The number of cyclic esters (lactones) is 1. The summed E-state index contributed by atoms with van der Waals surface area (Å²) in [6, 6.07) is 9.38. The lowest BCUT2D eigenvalue weighted by Gasteiger charge is -2.47. The number of ketones is 1. The summed E-state index contributed by atoms with van der Waals surface area (Å²) in [5, 5.41) is 23.9. The molecule has 2 N–H and O–H groups in total. The van der Waals surface area contributed by atoms with Gasteiger partial charge in [-0.15, -0.1) is 0 Å². The van der Waals surface area contributed by atoms with Gasteiger partial charge in [0.1, 0.15) is 29.8 Å². The number of rotatable bonds is 6. The van der Waals surface area contributed by atoms with Crippen LogP contribution in [0.3, 0.4) is 0 Å². The Labute approximate surface area is 311 Å². The molecule has 292 valence electrons. The van der Waals surface area contributed by atoms with Gasteiger partial charge in [-0.1, -0.05) is 63.3 Å². The number of aliphatic hydroxyl groups excluding tert-OH is 1. The molecular formula is C41H64N2O9. The van der Waals surface area contributed by atoms with Crippen LogP contribution >= 0.6 is 0 Å². The number of hydrogen-bond acceptors (Lipinski definition) is 11. The van der Waals surface area contributed by atoms with Gasteiger partial charge in [0.25, 0.3) is 0 Å². The molecule has 2 bridgehead atoms. The minimum absolute atomic E-state index is 0.0374. The summed E-state index contributed by atoms with van der Waals surface area (Å²) in [5.74, 6) is -3.19. The maximum absolute atomic E-state index is 14.4. The van der Waals surface area contributed by atoms with Crippen molar-refractivity contribution >= 4 is 17.8 Å². The predicted octanol–water partition coefficient (Wildman–Crippen LogP) is 4.84. The van der Waals surface area contributed by atoms with Crippen LogP contribution in [0.1, 0.15) is 80.2 Å². The Balaban J connectivity index is 1.88. The van der Waals surface area contributed by atoms with Crippen molar-refractivity contribution in [3.63, 3.8) is 0 Å². The largest absolute Gasteiger partial charge is 0.459 e. The zero-order valence-corrected chi connectivity index (χ0v) is 32.9. The molecule has 4 rings (SSSR count). The molecule has 0 amide bonds. The number of esters is 1. The molecule has 11 heteroatoms. The maximum atomic E-state index is 14.4. The molecule has 52 heavy (non-hydrogen) atoms. The van der Waals surface area contributed by atoms with Crippen molar-refractivity contribution in [3.05, 3.63) is 54.2 Å². The summed E-state index contributed by atoms with van der Waals surface area (Å²) < 4.78 is 32.3. The molecule has 0 radical (unpaired) electrons. The van der Waals surface area contributed by atoms with E-state index in [1.54, 1.807) is 13.8 Å². The molecular weight excluding hydrogens is 664 g/mol. The van der Waals surface area contributed by atoms with E-state index < -0.39 is 59.7 Å². The number of hydrogen-bond donors (Lipinski definition) is 2. The van der Waals surface area contributed by atoms with Crippen LogP contribution in [0.2, 0.25) is 0 Å². The first kappa shape index (κ1) is 42.1. The summed E-state index contributed by atoms with van der Waals surface area (Å²) in [7, 11) is 3.82. The topological polar surface area (TPSA) is 127 Å². The van der Waals surface area contributed by atoms with Crippen molar-refractivity contribution in [1.29, 1.82) is 0 Å². The van der Waals surface area contributed by atoms with E-state index in [0.717, 1.165) is 5.56 Å². The number of nitrogens with zero attached hydrogens (tertiary/aromatic N) is 2. The van der Waals surface area contributed by atoms with Crippen molar-refractivity contribution in [2.75, 3.05) is 33.9 Å². The number of benzene rings is 1. The summed E-state index contributed by atoms with van der Waals surface area (Å²) in [5.41, 5.74) is -1.69. The lowest BCUT2D eigenvalue weighted by Crippen LogP contribution is -2.60. The van der Waals surface area contributed by atoms with Crippen molar-refractivity contribution in [1.82, 2.24) is 9.80 Å². The highest BCUT2D eigenvalue weighted by Crippen LogP contribution is 2.38. The quantitative estimate of drug-likeness (QED) is 0.237. The van der Waals surface area contributed by atoms with E-state index in [1.165, 1.54) is 6.92 Å². The lowest BCUT2D eigenvalue weighted by molar-refractivity contribution is -0.297. The number of carbonyl (C=O) groups is 2. The zero-order valence-electron chi connectivity index (χ0n) is 32.9. The first-order valence-corrected chi connectivity index (χ1v) is 19.0. The average Bonchev–Trinajstić information content (AvgIpc) is 3.10. The molecule has 0 saturated carbocycles. The van der Waals surface area contributed by atoms with Gasteiger partial charge >= 0.3 is 5.97 Å². The second-order valence-corrected chi connectivity index (χ2v) is 15.9. The van der Waals surface area contributed by atoms with Crippen LogP contribution in [-0.4, -0.2) is 126 Å². The van der Waals surface area contributed by atoms with Crippen molar-refractivity contribution < 1.29 is 43.5 Å². The molecule has 2 fully saturated rings. The van der Waals surface area contributed by atoms with Crippen LogP contribution in [0, 0.1) is 17.8 Å². The number of ether oxygens (including phenoxy) is 5. The molecule has 0 aromatic heterocycles. The van der Waals surface area contributed by atoms with E-state index in [4.69, 9.17) is 23.7 Å². The number of carbonyl (C=O) groups excluding carboxylic acids is 2. The highest BCUT2D eigenvalue weighted by Gasteiger charge is 2.51. The molecule has 2 saturated heterocycles. The Bertz CT molecular complexity index is 1370. The SMILES string of the molecule is CC[C@H]1OC(=O)C(C)C(=O)[C@H](C)[C@@H](O[C@@H]2O[C@H](C)C[C@H](N(C)C)[C@H]2O)[C@@]2(C)C[C@@H](C)CN(/C=C/c3ccccc3)[C@H](C)[C@@H](OC/C=C\CO2)[C@]1(C)O. The maximum Gasteiger partial charge on any atom is 0.316 e. The second kappa shape index (κ2) is 18.1. The smallest absolute Gasteiger partial charge is 0.316 e. The molecule has 1 aromatic carbocycles. The van der Waals surface area contributed by atoms with E-state index in [1.807, 2.05) is 101 Å². The molecule has 0 spiro atoms. The van der Waals surface area contributed by atoms with Gasteiger partial charge in [-0.25, -0.2) is 0 Å². The highest BCUT2D eigenvalue weighted by molar-refractivity contribution is 6.00. The highest BCUT2D eigenvalue weighted by atomic mass is 16.7. The van der Waals surface area contributed by atoms with Gasteiger partial charge in [0.15, 0.2) is 12.1 Å². The van der Waals surface area contributed by atoms with Crippen molar-refractivity contribution in [2.45, 2.75) is 135 Å². The van der Waals surface area contributed by atoms with Gasteiger partial charge in [0.05, 0.1) is 37.1 Å². The van der Waals surface area contributed by atoms with Crippen LogP contribution in [0.5, 0.6) is 0 Å². The molecule has 13 atom stereocenters. The molecule has 11 nitrogen and oxygen atoms in total. The van der Waals surface area contributed by atoms with Gasteiger partial charge < -0.3 is 43.7 Å². The van der Waals surface area contributed by atoms with Gasteiger partial charge in [0, 0.05) is 18.5 Å². The van der Waals surface area contributed by atoms with Gasteiger partial charge in [-0.05, 0) is 91.7 Å². The molecule has 0 aliphatic carbocycles. The third kappa shape index (κ3) is 9.91. The number of Topliss-reactive ketones (excluding diaryl/α,β-unsaturated/α-hetero) is 1. The fourth-order valence-electron chi connectivity index (χ4n) is 8.28. The standard InChI is InChI=1S/C41H64N2O9/c1-11-33-41(8,47)37-30(6)43(20-19-31-17-13-12-14-18-31)25-26(2)24-40(7,49-22-16-15-21-48-37)36(28(4)34(44)29(5)38(46)51-33)52-39-35(45)32(42(9)10)23-27(3)50-39/h12-20,26-30,32-33,35-37,39,45,47H,11,21-25H2,1-10H3/b16-15-,20-19+/t26-,27-,28+,29?,30-,32+,33-,35-,36-,37-,39+,40-,41-/m1/s1. The van der Waals surface area contributed by atoms with E-state index in [0.29, 0.717) is 25.8 Å². The number of fused-ring (bicyclic) bond motifs is 6. The first-order chi connectivity index (χ1) is 24.5. The predicted molar refractivity (Wildman–Crippen MR) is 200 cm³/mol. The van der Waals surface area contributed by atoms with Crippen LogP contribution in [0.4, 0.5) is 0 Å². The Kier molecular flexibility index (Phi) is 14.7. The third-order valence-electron chi connectivity index (χ3n) is 11.2. The molecule has 1 aromatic rings. The normalized spacial score (nSPS) is 41.0. The fraction of sp³-hybridized carbons (Fsp3) is 0.707. The van der Waals surface area contributed by atoms with Crippen LogP contribution in [-0.2, 0) is 33.3 Å². The van der Waals surface area contributed by atoms with Crippen LogP contribution in [0.15, 0.2) is 48.7 Å². The van der Waals surface area contributed by atoms with E-state index in [2.05, 4.69) is 11.8 Å². The van der Waals surface area contributed by atoms with Gasteiger partial charge in [-0.2, -0.15) is 0 Å². The second-order valence-electron chi connectivity index (χ2n) is 15.9. The zero-order chi connectivity index (χ0) is 38.4. The Hall–Kier alpha value is -2.64. The van der Waals surface area contributed by atoms with Crippen LogP contribution < -0.4 is 0 Å². The Morgan fingerprint density at radius 3 is 2.37 bits per heavy atom. The monoisotopic (exact) mass is 728 g/mol. The summed E-state index contributed by atoms with van der Waals surface area (Å²) in [4.78, 5) is 32.3. The van der Waals surface area contributed by atoms with Gasteiger partial charge in [0.2, 0.25) is 0 Å². The first-order valence-electron chi connectivity index (χ1n) is 19.0. The minimum Gasteiger partial charge on any atom is -0.459 e. The number of likely N-dealkylation sites (N-methyl/N-ethyl adjacent to an activating group) is 1. The lowest BCUT2D eigenvalue weighted by atomic mass is 9.78. The third-order valence-corrected chi connectivity index (χ3v) is 11.2. The van der Waals surface area contributed by atoms with E-state index >= 15 is 0 Å². The van der Waals surface area contributed by atoms with E-state index in [-0.39, 0.29) is 43.1 Å². The van der Waals surface area contributed by atoms with Crippen molar-refractivity contribution in [3.8, 4) is 0 Å². The molecule has 3 aliphatic heterocycles. The van der Waals surface area contributed by atoms with Crippen molar-refractivity contribution in [2.24, 2.45) is 17.8 Å². The summed E-state index contributed by atoms with van der Waals surface area (Å²) >= 11 is 0. The minimum atomic E-state index is -1.63. The summed E-state index contributed by atoms with van der Waals surface area (Å²) in [6.07, 6.45) is 4.22. The molecule has 3 aliphatic rings. The van der Waals surface area contributed by atoms with Gasteiger partial charge in [-0.3, -0.25) is 9.59 Å². The van der Waals surface area contributed by atoms with E-state index in [9.17, 15) is 19.8 Å². The number of aliphatic hydroxyl groups is 2. The Morgan fingerprint density at radius 1 is 1.04 bits per heavy atom. The van der Waals surface area contributed by atoms with Crippen LogP contribution in [0.25, 0.3) is 6.08 Å². The molecule has 1 unspecified atom stereocenters. The fourth-order valence-corrected chi connectivity index (χ4v) is 8.28. The molecule has 3 heterocycles. The average molecular weight is 729 g/mol. The summed E-state index contributed by atoms with van der Waals surface area (Å²) in [6.45, 7) is 15.7.